The Morgan fingerprint density at radius 3 is 2.95 bits per heavy atom. The lowest BCUT2D eigenvalue weighted by molar-refractivity contribution is 0.188. The van der Waals surface area contributed by atoms with Crippen LogP contribution in [0.5, 0.6) is 0 Å². The van der Waals surface area contributed by atoms with Crippen molar-refractivity contribution >= 4 is 11.2 Å². The minimum atomic E-state index is -0.277. The summed E-state index contributed by atoms with van der Waals surface area (Å²) in [5.74, 6) is 0.427. The van der Waals surface area contributed by atoms with Crippen molar-refractivity contribution < 1.29 is 9.13 Å². The van der Waals surface area contributed by atoms with E-state index in [0.29, 0.717) is 19.0 Å². The molecule has 0 saturated heterocycles. The lowest BCUT2D eigenvalue weighted by Gasteiger charge is -2.08. The van der Waals surface area contributed by atoms with Crippen molar-refractivity contribution in [1.29, 1.82) is 0 Å². The molecule has 4 nitrogen and oxygen atoms in total. The van der Waals surface area contributed by atoms with Crippen LogP contribution < -0.4 is 0 Å². The zero-order valence-electron chi connectivity index (χ0n) is 11.1. The Morgan fingerprint density at radius 2 is 2.15 bits per heavy atom. The van der Waals surface area contributed by atoms with Crippen LogP contribution in [-0.4, -0.2) is 28.3 Å². The van der Waals surface area contributed by atoms with E-state index >= 15 is 0 Å². The molecule has 0 bridgehead atoms. The summed E-state index contributed by atoms with van der Waals surface area (Å²) in [5.41, 5.74) is 2.31. The maximum atomic E-state index is 13.4. The maximum absolute atomic E-state index is 13.4. The monoisotopic (exact) mass is 271 g/mol. The smallest absolute Gasteiger partial charge is 0.160 e. The molecule has 0 N–H and O–H groups in total. The summed E-state index contributed by atoms with van der Waals surface area (Å²) in [5, 5.41) is 0. The van der Waals surface area contributed by atoms with E-state index in [1.165, 1.54) is 12.1 Å². The first-order chi connectivity index (χ1) is 9.79. The number of aromatic nitrogens is 3. The number of hydrogen-bond donors (Lipinski definition) is 0. The van der Waals surface area contributed by atoms with Crippen LogP contribution in [0.1, 0.15) is 0 Å². The summed E-state index contributed by atoms with van der Waals surface area (Å²) < 4.78 is 20.5. The second-order valence-electron chi connectivity index (χ2n) is 4.44. The van der Waals surface area contributed by atoms with Crippen LogP contribution in [0.25, 0.3) is 22.6 Å². The van der Waals surface area contributed by atoms with Crippen molar-refractivity contribution in [3.05, 3.63) is 48.4 Å². The number of imidazole rings is 1. The molecule has 3 rings (SSSR count). The number of benzene rings is 1. The van der Waals surface area contributed by atoms with Gasteiger partial charge in [0.05, 0.1) is 6.61 Å². The summed E-state index contributed by atoms with van der Waals surface area (Å²) in [6.07, 6.45) is 1.72. The summed E-state index contributed by atoms with van der Waals surface area (Å²) in [4.78, 5) is 8.91. The highest BCUT2D eigenvalue weighted by Crippen LogP contribution is 2.24. The molecular weight excluding hydrogens is 257 g/mol. The van der Waals surface area contributed by atoms with Gasteiger partial charge in [0, 0.05) is 25.4 Å². The lowest BCUT2D eigenvalue weighted by atomic mass is 10.2. The molecule has 0 aliphatic heterocycles. The number of hydrogen-bond acceptors (Lipinski definition) is 3. The van der Waals surface area contributed by atoms with Gasteiger partial charge in [0.1, 0.15) is 17.2 Å². The van der Waals surface area contributed by atoms with Crippen LogP contribution in [-0.2, 0) is 11.3 Å². The molecule has 0 atom stereocenters. The van der Waals surface area contributed by atoms with Gasteiger partial charge in [0.15, 0.2) is 5.65 Å². The first-order valence-electron chi connectivity index (χ1n) is 6.36. The standard InChI is InChI=1S/C15H14FN3O/c1-20-9-8-19-14(11-4-2-5-12(16)10-11)18-13-6-3-7-17-15(13)19/h2-7,10H,8-9H2,1H3. The normalized spacial score (nSPS) is 11.1. The van der Waals surface area contributed by atoms with Gasteiger partial charge >= 0.3 is 0 Å². The van der Waals surface area contributed by atoms with Gasteiger partial charge in [-0.3, -0.25) is 0 Å². The van der Waals surface area contributed by atoms with E-state index in [9.17, 15) is 4.39 Å². The van der Waals surface area contributed by atoms with E-state index in [4.69, 9.17) is 4.74 Å². The van der Waals surface area contributed by atoms with Crippen molar-refractivity contribution in [3.63, 3.8) is 0 Å². The molecule has 0 unspecified atom stereocenters. The average Bonchev–Trinajstić information content (AvgIpc) is 2.84. The minimum absolute atomic E-state index is 0.277. The fourth-order valence-electron chi connectivity index (χ4n) is 2.20. The van der Waals surface area contributed by atoms with Gasteiger partial charge in [-0.15, -0.1) is 0 Å². The average molecular weight is 271 g/mol. The zero-order chi connectivity index (χ0) is 13.9. The topological polar surface area (TPSA) is 39.9 Å². The molecule has 0 aliphatic carbocycles. The second kappa shape index (κ2) is 5.38. The molecule has 0 saturated carbocycles. The van der Waals surface area contributed by atoms with Crippen LogP contribution in [0.2, 0.25) is 0 Å². The number of fused-ring (bicyclic) bond motifs is 1. The van der Waals surface area contributed by atoms with Crippen LogP contribution >= 0.6 is 0 Å². The van der Waals surface area contributed by atoms with Crippen molar-refractivity contribution in [2.75, 3.05) is 13.7 Å². The predicted molar refractivity (Wildman–Crippen MR) is 74.8 cm³/mol. The number of nitrogens with zero attached hydrogens (tertiary/aromatic N) is 3. The molecule has 5 heteroatoms. The third-order valence-electron chi connectivity index (χ3n) is 3.11. The molecule has 0 fully saturated rings. The van der Waals surface area contributed by atoms with Gasteiger partial charge in [-0.05, 0) is 24.3 Å². The van der Waals surface area contributed by atoms with Gasteiger partial charge in [0.25, 0.3) is 0 Å². The molecule has 0 radical (unpaired) electrons. The van der Waals surface area contributed by atoms with Crippen molar-refractivity contribution in [2.45, 2.75) is 6.54 Å². The first kappa shape index (κ1) is 12.7. The molecular formula is C15H14FN3O. The highest BCUT2D eigenvalue weighted by Gasteiger charge is 2.13. The Kier molecular flexibility index (Phi) is 3.43. The van der Waals surface area contributed by atoms with Gasteiger partial charge in [-0.25, -0.2) is 14.4 Å². The second-order valence-corrected chi connectivity index (χ2v) is 4.44. The summed E-state index contributed by atoms with van der Waals surface area (Å²) >= 11 is 0. The summed E-state index contributed by atoms with van der Waals surface area (Å²) in [7, 11) is 1.65. The Morgan fingerprint density at radius 1 is 1.25 bits per heavy atom. The molecule has 2 heterocycles. The number of halogens is 1. The maximum Gasteiger partial charge on any atom is 0.160 e. The van der Waals surface area contributed by atoms with Crippen LogP contribution in [0.3, 0.4) is 0 Å². The zero-order valence-corrected chi connectivity index (χ0v) is 11.1. The highest BCUT2D eigenvalue weighted by molar-refractivity contribution is 5.77. The van der Waals surface area contributed by atoms with Crippen molar-refractivity contribution in [1.82, 2.24) is 14.5 Å². The third-order valence-corrected chi connectivity index (χ3v) is 3.11. The molecule has 0 amide bonds. The van der Waals surface area contributed by atoms with Crippen LogP contribution in [0.15, 0.2) is 42.6 Å². The van der Waals surface area contributed by atoms with E-state index in [1.807, 2.05) is 22.8 Å². The number of pyridine rings is 1. The summed E-state index contributed by atoms with van der Waals surface area (Å²) in [6, 6.07) is 10.2. The Bertz CT molecular complexity index is 739. The molecule has 20 heavy (non-hydrogen) atoms. The largest absolute Gasteiger partial charge is 0.383 e. The highest BCUT2D eigenvalue weighted by atomic mass is 19.1. The van der Waals surface area contributed by atoms with Crippen LogP contribution in [0, 0.1) is 5.82 Å². The van der Waals surface area contributed by atoms with Gasteiger partial charge in [-0.1, -0.05) is 12.1 Å². The number of ether oxygens (including phenoxy) is 1. The Balaban J connectivity index is 2.18. The third kappa shape index (κ3) is 2.28. The fourth-order valence-corrected chi connectivity index (χ4v) is 2.20. The molecule has 3 aromatic rings. The molecule has 1 aromatic carbocycles. The molecule has 2 aromatic heterocycles. The molecule has 102 valence electrons. The van der Waals surface area contributed by atoms with Crippen LogP contribution in [0.4, 0.5) is 4.39 Å². The first-order valence-corrected chi connectivity index (χ1v) is 6.36. The van der Waals surface area contributed by atoms with E-state index in [-0.39, 0.29) is 5.82 Å². The quantitative estimate of drug-likeness (QED) is 0.732. The van der Waals surface area contributed by atoms with Crippen molar-refractivity contribution in [3.8, 4) is 11.4 Å². The molecule has 0 aliphatic rings. The number of rotatable bonds is 4. The Labute approximate surface area is 115 Å². The minimum Gasteiger partial charge on any atom is -0.383 e. The predicted octanol–water partition coefficient (Wildman–Crippen LogP) is 2.88. The van der Waals surface area contributed by atoms with Gasteiger partial charge in [0.2, 0.25) is 0 Å². The van der Waals surface area contributed by atoms with Crippen molar-refractivity contribution in [2.24, 2.45) is 0 Å². The van der Waals surface area contributed by atoms with E-state index < -0.39 is 0 Å². The Hall–Kier alpha value is -2.27. The molecule has 0 spiro atoms. The summed E-state index contributed by atoms with van der Waals surface area (Å²) in [6.45, 7) is 1.17. The lowest BCUT2D eigenvalue weighted by Crippen LogP contribution is -2.06. The van der Waals surface area contributed by atoms with E-state index in [0.717, 1.165) is 16.7 Å². The van der Waals surface area contributed by atoms with E-state index in [2.05, 4.69) is 9.97 Å². The van der Waals surface area contributed by atoms with Gasteiger partial charge < -0.3 is 9.30 Å². The van der Waals surface area contributed by atoms with Gasteiger partial charge in [-0.2, -0.15) is 0 Å². The SMILES string of the molecule is COCCn1c(-c2cccc(F)c2)nc2cccnc21. The fraction of sp³-hybridized carbons (Fsp3) is 0.200. The number of methoxy groups -OCH3 is 1. The van der Waals surface area contributed by atoms with E-state index in [1.54, 1.807) is 19.4 Å².